The van der Waals surface area contributed by atoms with E-state index in [2.05, 4.69) is 26.1 Å². The number of benzene rings is 1. The smallest absolute Gasteiger partial charge is 0.123 e. The fourth-order valence-corrected chi connectivity index (χ4v) is 2.39. The summed E-state index contributed by atoms with van der Waals surface area (Å²) >= 11 is 6.07. The first-order valence-corrected chi connectivity index (χ1v) is 8.20. The number of hydrogen-bond acceptors (Lipinski definition) is 2. The van der Waals surface area contributed by atoms with E-state index < -0.39 is 0 Å². The Balaban J connectivity index is 2.60. The molecular formula is C17H28ClNO. The van der Waals surface area contributed by atoms with Crippen molar-refractivity contribution in [2.75, 3.05) is 13.2 Å². The average Bonchev–Trinajstić information content (AvgIpc) is 2.46. The summed E-state index contributed by atoms with van der Waals surface area (Å²) in [5, 5.41) is 4.10. The Bertz CT molecular complexity index is 381. The molecule has 0 saturated carbocycles. The predicted octanol–water partition coefficient (Wildman–Crippen LogP) is 5.04. The fraction of sp³-hybridized carbons (Fsp3) is 0.647. The molecule has 1 unspecified atom stereocenters. The Morgan fingerprint density at radius 2 is 2.05 bits per heavy atom. The van der Waals surface area contributed by atoms with Gasteiger partial charge in [0.15, 0.2) is 0 Å². The third kappa shape index (κ3) is 6.15. The monoisotopic (exact) mass is 297 g/mol. The van der Waals surface area contributed by atoms with Gasteiger partial charge in [-0.25, -0.2) is 0 Å². The molecule has 0 bridgehead atoms. The van der Waals surface area contributed by atoms with Gasteiger partial charge in [0.05, 0.1) is 6.61 Å². The van der Waals surface area contributed by atoms with E-state index >= 15 is 0 Å². The van der Waals surface area contributed by atoms with Gasteiger partial charge in [-0.3, -0.25) is 0 Å². The molecule has 0 heterocycles. The van der Waals surface area contributed by atoms with Gasteiger partial charge in [0, 0.05) is 17.1 Å². The van der Waals surface area contributed by atoms with Gasteiger partial charge < -0.3 is 10.1 Å². The van der Waals surface area contributed by atoms with E-state index in [0.717, 1.165) is 36.0 Å². The SMILES string of the molecule is CCCCC(CC)COc1ccc(Cl)cc1CNCC. The Morgan fingerprint density at radius 1 is 1.25 bits per heavy atom. The molecule has 1 aromatic carbocycles. The highest BCUT2D eigenvalue weighted by Gasteiger charge is 2.09. The van der Waals surface area contributed by atoms with E-state index in [0.29, 0.717) is 5.92 Å². The molecule has 0 radical (unpaired) electrons. The van der Waals surface area contributed by atoms with Crippen molar-refractivity contribution in [1.82, 2.24) is 5.32 Å². The van der Waals surface area contributed by atoms with E-state index in [1.807, 2.05) is 18.2 Å². The van der Waals surface area contributed by atoms with Crippen molar-refractivity contribution < 1.29 is 4.74 Å². The van der Waals surface area contributed by atoms with Gasteiger partial charge in [0.25, 0.3) is 0 Å². The summed E-state index contributed by atoms with van der Waals surface area (Å²) in [5.74, 6) is 1.61. The lowest BCUT2D eigenvalue weighted by Crippen LogP contribution is -2.15. The first-order valence-electron chi connectivity index (χ1n) is 7.83. The quantitative estimate of drug-likeness (QED) is 0.653. The standard InChI is InChI=1S/C17H28ClNO/c1-4-7-8-14(5-2)13-20-17-10-9-16(18)11-15(17)12-19-6-3/h9-11,14,19H,4-8,12-13H2,1-3H3. The molecule has 0 amide bonds. The summed E-state index contributed by atoms with van der Waals surface area (Å²) < 4.78 is 6.04. The van der Waals surface area contributed by atoms with E-state index in [9.17, 15) is 0 Å². The van der Waals surface area contributed by atoms with Crippen LogP contribution < -0.4 is 10.1 Å². The number of nitrogens with one attached hydrogen (secondary N) is 1. The molecule has 2 nitrogen and oxygen atoms in total. The summed E-state index contributed by atoms with van der Waals surface area (Å²) in [5.41, 5.74) is 1.14. The third-order valence-electron chi connectivity index (χ3n) is 3.61. The highest BCUT2D eigenvalue weighted by Crippen LogP contribution is 2.24. The second kappa shape index (κ2) is 10.1. The van der Waals surface area contributed by atoms with Gasteiger partial charge in [0.1, 0.15) is 5.75 Å². The van der Waals surface area contributed by atoms with Crippen LogP contribution in [0.15, 0.2) is 18.2 Å². The minimum Gasteiger partial charge on any atom is -0.493 e. The van der Waals surface area contributed by atoms with Crippen LogP contribution in [0.3, 0.4) is 0 Å². The number of hydrogen-bond donors (Lipinski definition) is 1. The highest BCUT2D eigenvalue weighted by atomic mass is 35.5. The highest BCUT2D eigenvalue weighted by molar-refractivity contribution is 6.30. The zero-order valence-electron chi connectivity index (χ0n) is 13.0. The van der Waals surface area contributed by atoms with E-state index in [1.165, 1.54) is 25.7 Å². The lowest BCUT2D eigenvalue weighted by molar-refractivity contribution is 0.231. The number of rotatable bonds is 10. The normalized spacial score (nSPS) is 12.4. The van der Waals surface area contributed by atoms with Crippen molar-refractivity contribution in [3.63, 3.8) is 0 Å². The van der Waals surface area contributed by atoms with Crippen LogP contribution in [-0.4, -0.2) is 13.2 Å². The van der Waals surface area contributed by atoms with E-state index in [-0.39, 0.29) is 0 Å². The van der Waals surface area contributed by atoms with Gasteiger partial charge in [-0.2, -0.15) is 0 Å². The minimum atomic E-state index is 0.651. The largest absolute Gasteiger partial charge is 0.493 e. The molecule has 0 fully saturated rings. The zero-order chi connectivity index (χ0) is 14.8. The molecule has 0 aliphatic carbocycles. The molecule has 0 saturated heterocycles. The molecule has 1 atom stereocenters. The maximum Gasteiger partial charge on any atom is 0.123 e. The van der Waals surface area contributed by atoms with E-state index in [1.54, 1.807) is 0 Å². The van der Waals surface area contributed by atoms with Gasteiger partial charge in [-0.05, 0) is 37.1 Å². The first-order chi connectivity index (χ1) is 9.71. The van der Waals surface area contributed by atoms with Crippen LogP contribution in [0.25, 0.3) is 0 Å². The number of ether oxygens (including phenoxy) is 1. The molecule has 1 N–H and O–H groups in total. The molecule has 0 aliphatic heterocycles. The Kier molecular flexibility index (Phi) is 8.72. The van der Waals surface area contributed by atoms with Crippen LogP contribution in [0, 0.1) is 5.92 Å². The molecular weight excluding hydrogens is 270 g/mol. The van der Waals surface area contributed by atoms with Gasteiger partial charge in [0.2, 0.25) is 0 Å². The summed E-state index contributed by atoms with van der Waals surface area (Å²) in [6, 6.07) is 5.88. The Morgan fingerprint density at radius 3 is 2.70 bits per heavy atom. The van der Waals surface area contributed by atoms with Crippen molar-refractivity contribution in [3.8, 4) is 5.75 Å². The van der Waals surface area contributed by atoms with Crippen LogP contribution in [-0.2, 0) is 6.54 Å². The summed E-state index contributed by atoms with van der Waals surface area (Å²) in [6.07, 6.45) is 4.97. The second-order valence-electron chi connectivity index (χ2n) is 5.26. The predicted molar refractivity (Wildman–Crippen MR) is 87.6 cm³/mol. The van der Waals surface area contributed by atoms with Crippen LogP contribution in [0.5, 0.6) is 5.75 Å². The minimum absolute atomic E-state index is 0.651. The Labute approximate surface area is 128 Å². The molecule has 20 heavy (non-hydrogen) atoms. The molecule has 1 aromatic rings. The maximum atomic E-state index is 6.07. The van der Waals surface area contributed by atoms with Gasteiger partial charge in [-0.1, -0.05) is 51.6 Å². The molecule has 0 aliphatic rings. The van der Waals surface area contributed by atoms with Gasteiger partial charge >= 0.3 is 0 Å². The summed E-state index contributed by atoms with van der Waals surface area (Å²) in [6.45, 7) is 9.13. The van der Waals surface area contributed by atoms with E-state index in [4.69, 9.17) is 16.3 Å². The molecule has 0 aromatic heterocycles. The van der Waals surface area contributed by atoms with Crippen molar-refractivity contribution in [3.05, 3.63) is 28.8 Å². The number of halogens is 1. The van der Waals surface area contributed by atoms with Crippen LogP contribution in [0.1, 0.15) is 52.0 Å². The first kappa shape index (κ1) is 17.3. The average molecular weight is 298 g/mol. The molecule has 3 heteroatoms. The van der Waals surface area contributed by atoms with Gasteiger partial charge in [-0.15, -0.1) is 0 Å². The number of unbranched alkanes of at least 4 members (excludes halogenated alkanes) is 1. The lowest BCUT2D eigenvalue weighted by atomic mass is 10.0. The molecule has 0 spiro atoms. The molecule has 114 valence electrons. The third-order valence-corrected chi connectivity index (χ3v) is 3.84. The fourth-order valence-electron chi connectivity index (χ4n) is 2.19. The summed E-state index contributed by atoms with van der Waals surface area (Å²) in [7, 11) is 0. The van der Waals surface area contributed by atoms with Crippen LogP contribution in [0.2, 0.25) is 5.02 Å². The van der Waals surface area contributed by atoms with Crippen LogP contribution >= 0.6 is 11.6 Å². The summed E-state index contributed by atoms with van der Waals surface area (Å²) in [4.78, 5) is 0. The topological polar surface area (TPSA) is 21.3 Å². The van der Waals surface area contributed by atoms with Crippen LogP contribution in [0.4, 0.5) is 0 Å². The van der Waals surface area contributed by atoms with Crippen molar-refractivity contribution in [1.29, 1.82) is 0 Å². The Hall–Kier alpha value is -0.730. The molecule has 1 rings (SSSR count). The lowest BCUT2D eigenvalue weighted by Gasteiger charge is -2.18. The van der Waals surface area contributed by atoms with Crippen molar-refractivity contribution in [2.24, 2.45) is 5.92 Å². The maximum absolute atomic E-state index is 6.07. The zero-order valence-corrected chi connectivity index (χ0v) is 13.8. The second-order valence-corrected chi connectivity index (χ2v) is 5.70. The van der Waals surface area contributed by atoms with Crippen molar-refractivity contribution >= 4 is 11.6 Å². The van der Waals surface area contributed by atoms with Crippen molar-refractivity contribution in [2.45, 2.75) is 53.0 Å².